The van der Waals surface area contributed by atoms with Crippen LogP contribution in [0.1, 0.15) is 28.8 Å². The molecule has 2 aromatic rings. The zero-order valence-corrected chi connectivity index (χ0v) is 12.9. The first kappa shape index (κ1) is 15.5. The van der Waals surface area contributed by atoms with E-state index in [0.29, 0.717) is 13.0 Å². The van der Waals surface area contributed by atoms with Gasteiger partial charge in [0.1, 0.15) is 5.75 Å². The molecule has 0 atom stereocenters. The van der Waals surface area contributed by atoms with Gasteiger partial charge in [0.15, 0.2) is 0 Å². The van der Waals surface area contributed by atoms with Crippen LogP contribution in [0.4, 0.5) is 0 Å². The molecule has 0 amide bonds. The van der Waals surface area contributed by atoms with Crippen molar-refractivity contribution in [1.29, 1.82) is 0 Å². The van der Waals surface area contributed by atoms with Crippen LogP contribution in [0.5, 0.6) is 5.75 Å². The van der Waals surface area contributed by atoms with Gasteiger partial charge in [-0.2, -0.15) is 0 Å². The van der Waals surface area contributed by atoms with Crippen molar-refractivity contribution >= 4 is 17.3 Å². The predicted molar refractivity (Wildman–Crippen MR) is 83.1 cm³/mol. The molecule has 1 aromatic carbocycles. The summed E-state index contributed by atoms with van der Waals surface area (Å²) in [4.78, 5) is 15.9. The maximum atomic E-state index is 10.5. The Labute approximate surface area is 128 Å². The third kappa shape index (κ3) is 4.86. The topological polar surface area (TPSA) is 59.4 Å². The molecule has 4 nitrogen and oxygen atoms in total. The zero-order valence-electron chi connectivity index (χ0n) is 12.0. The highest BCUT2D eigenvalue weighted by Crippen LogP contribution is 2.19. The molecule has 0 bridgehead atoms. The van der Waals surface area contributed by atoms with Crippen molar-refractivity contribution in [3.63, 3.8) is 0 Å². The molecule has 0 aliphatic rings. The number of aryl methyl sites for hydroxylation is 2. The van der Waals surface area contributed by atoms with E-state index < -0.39 is 5.97 Å². The average Bonchev–Trinajstić information content (AvgIpc) is 2.93. The van der Waals surface area contributed by atoms with Gasteiger partial charge in [-0.1, -0.05) is 25.1 Å². The summed E-state index contributed by atoms with van der Waals surface area (Å²) >= 11 is 1.57. The van der Waals surface area contributed by atoms with Crippen LogP contribution in [-0.2, 0) is 24.1 Å². The van der Waals surface area contributed by atoms with Crippen molar-refractivity contribution in [3.8, 4) is 5.75 Å². The summed E-state index contributed by atoms with van der Waals surface area (Å²) in [5.41, 5.74) is 1.21. The molecule has 112 valence electrons. The number of thiazole rings is 1. The van der Waals surface area contributed by atoms with Gasteiger partial charge < -0.3 is 9.84 Å². The number of hydrogen-bond acceptors (Lipinski definition) is 4. The van der Waals surface area contributed by atoms with Gasteiger partial charge in [-0.15, -0.1) is 11.3 Å². The van der Waals surface area contributed by atoms with E-state index in [0.717, 1.165) is 28.5 Å². The Morgan fingerprint density at radius 1 is 1.33 bits per heavy atom. The second-order valence-electron chi connectivity index (χ2n) is 4.67. The van der Waals surface area contributed by atoms with Crippen LogP contribution >= 0.6 is 11.3 Å². The number of rotatable bonds is 8. The fourth-order valence-corrected chi connectivity index (χ4v) is 2.90. The lowest BCUT2D eigenvalue weighted by atomic mass is 10.1. The lowest BCUT2D eigenvalue weighted by Crippen LogP contribution is -2.02. The van der Waals surface area contributed by atoms with Crippen LogP contribution in [0.25, 0.3) is 0 Å². The Bertz CT molecular complexity index is 595. The Morgan fingerprint density at radius 2 is 2.14 bits per heavy atom. The number of para-hydroxylation sites is 1. The first-order chi connectivity index (χ1) is 10.2. The third-order valence-electron chi connectivity index (χ3n) is 3.11. The molecule has 0 radical (unpaired) electrons. The maximum Gasteiger partial charge on any atom is 0.303 e. The van der Waals surface area contributed by atoms with Crippen LogP contribution in [-0.4, -0.2) is 22.7 Å². The van der Waals surface area contributed by atoms with E-state index in [2.05, 4.69) is 18.0 Å². The molecule has 0 fully saturated rings. The molecule has 21 heavy (non-hydrogen) atoms. The van der Waals surface area contributed by atoms with E-state index in [9.17, 15) is 4.79 Å². The molecule has 0 saturated carbocycles. The fraction of sp³-hybridized carbons (Fsp3) is 0.375. The molecule has 0 aliphatic heterocycles. The summed E-state index contributed by atoms with van der Waals surface area (Å²) in [7, 11) is 0. The van der Waals surface area contributed by atoms with Gasteiger partial charge >= 0.3 is 5.97 Å². The molecule has 2 rings (SSSR count). The fourth-order valence-electron chi connectivity index (χ4n) is 1.99. The zero-order chi connectivity index (χ0) is 15.1. The molecule has 0 spiro atoms. The summed E-state index contributed by atoms with van der Waals surface area (Å²) in [5, 5.41) is 9.65. The van der Waals surface area contributed by atoms with Gasteiger partial charge in [0.2, 0.25) is 0 Å². The van der Waals surface area contributed by atoms with E-state index in [-0.39, 0.29) is 6.42 Å². The summed E-state index contributed by atoms with van der Waals surface area (Å²) < 4.78 is 5.81. The number of ether oxygens (including phenoxy) is 1. The van der Waals surface area contributed by atoms with Crippen LogP contribution in [0.2, 0.25) is 0 Å². The van der Waals surface area contributed by atoms with Crippen molar-refractivity contribution in [2.24, 2.45) is 0 Å². The first-order valence-corrected chi connectivity index (χ1v) is 7.86. The van der Waals surface area contributed by atoms with Crippen molar-refractivity contribution < 1.29 is 14.6 Å². The molecule has 0 saturated heterocycles. The van der Waals surface area contributed by atoms with Gasteiger partial charge in [-0.25, -0.2) is 4.98 Å². The third-order valence-corrected chi connectivity index (χ3v) is 4.23. The van der Waals surface area contributed by atoms with Crippen molar-refractivity contribution in [2.45, 2.75) is 32.6 Å². The Hall–Kier alpha value is -1.88. The molecule has 1 aromatic heterocycles. The number of nitrogens with zero attached hydrogens (tertiary/aromatic N) is 1. The number of hydrogen-bond donors (Lipinski definition) is 1. The first-order valence-electron chi connectivity index (χ1n) is 7.05. The highest BCUT2D eigenvalue weighted by Gasteiger charge is 2.06. The van der Waals surface area contributed by atoms with Crippen molar-refractivity contribution in [1.82, 2.24) is 4.98 Å². The number of carbonyl (C=O) groups is 1. The lowest BCUT2D eigenvalue weighted by Gasteiger charge is -2.09. The number of carboxylic acids is 1. The number of benzene rings is 1. The van der Waals surface area contributed by atoms with Gasteiger partial charge in [0, 0.05) is 17.5 Å². The van der Waals surface area contributed by atoms with E-state index >= 15 is 0 Å². The Morgan fingerprint density at radius 3 is 2.90 bits per heavy atom. The summed E-state index contributed by atoms with van der Waals surface area (Å²) in [6, 6.07) is 8.05. The number of aromatic nitrogens is 1. The van der Waals surface area contributed by atoms with Gasteiger partial charge in [-0.05, 0) is 24.5 Å². The highest BCUT2D eigenvalue weighted by atomic mass is 32.1. The molecule has 0 aliphatic carbocycles. The van der Waals surface area contributed by atoms with Gasteiger partial charge in [-0.3, -0.25) is 4.79 Å². The standard InChI is InChI=1S/C16H19NO3S/c1-2-12-5-3-4-6-14(12)20-10-9-15-17-11-13(21-15)7-8-16(18)19/h3-6,11H,2,7-10H2,1H3,(H,18,19). The Kier molecular flexibility index (Phi) is 5.75. The smallest absolute Gasteiger partial charge is 0.303 e. The average molecular weight is 305 g/mol. The van der Waals surface area contributed by atoms with Crippen LogP contribution in [0, 0.1) is 0 Å². The second-order valence-corrected chi connectivity index (χ2v) is 5.87. The summed E-state index contributed by atoms with van der Waals surface area (Å²) in [5.74, 6) is 0.159. The lowest BCUT2D eigenvalue weighted by molar-refractivity contribution is -0.136. The van der Waals surface area contributed by atoms with Crippen molar-refractivity contribution in [3.05, 3.63) is 45.9 Å². The monoisotopic (exact) mass is 305 g/mol. The summed E-state index contributed by atoms with van der Waals surface area (Å²) in [6.45, 7) is 2.70. The molecule has 5 heteroatoms. The number of aliphatic carboxylic acids is 1. The molecular formula is C16H19NO3S. The van der Waals surface area contributed by atoms with Crippen molar-refractivity contribution in [2.75, 3.05) is 6.61 Å². The summed E-state index contributed by atoms with van der Waals surface area (Å²) in [6.07, 6.45) is 4.17. The quantitative estimate of drug-likeness (QED) is 0.812. The van der Waals surface area contributed by atoms with E-state index in [1.807, 2.05) is 18.2 Å². The van der Waals surface area contributed by atoms with Crippen LogP contribution < -0.4 is 4.74 Å². The minimum absolute atomic E-state index is 0.155. The number of carboxylic acid groups (broad SMARTS) is 1. The van der Waals surface area contributed by atoms with E-state index in [1.54, 1.807) is 17.5 Å². The van der Waals surface area contributed by atoms with E-state index in [1.165, 1.54) is 5.56 Å². The largest absolute Gasteiger partial charge is 0.493 e. The normalized spacial score (nSPS) is 10.5. The SMILES string of the molecule is CCc1ccccc1OCCc1ncc(CCC(=O)O)s1. The van der Waals surface area contributed by atoms with Gasteiger partial charge in [0.05, 0.1) is 18.0 Å². The molecule has 1 N–H and O–H groups in total. The predicted octanol–water partition coefficient (Wildman–Crippen LogP) is 3.34. The van der Waals surface area contributed by atoms with E-state index in [4.69, 9.17) is 9.84 Å². The molecule has 1 heterocycles. The maximum absolute atomic E-state index is 10.5. The van der Waals surface area contributed by atoms with Gasteiger partial charge in [0.25, 0.3) is 0 Å². The van der Waals surface area contributed by atoms with Crippen LogP contribution in [0.15, 0.2) is 30.5 Å². The molecule has 0 unspecified atom stereocenters. The molecular weight excluding hydrogens is 286 g/mol. The van der Waals surface area contributed by atoms with Crippen LogP contribution in [0.3, 0.4) is 0 Å². The highest BCUT2D eigenvalue weighted by molar-refractivity contribution is 7.11. The minimum atomic E-state index is -0.774. The minimum Gasteiger partial charge on any atom is -0.493 e. The Balaban J connectivity index is 1.82. The second kappa shape index (κ2) is 7.78.